The predicted molar refractivity (Wildman–Crippen MR) is 104 cm³/mol. The van der Waals surface area contributed by atoms with Gasteiger partial charge in [-0.15, -0.1) is 12.4 Å². The van der Waals surface area contributed by atoms with Crippen LogP contribution in [0.4, 0.5) is 0 Å². The minimum Gasteiger partial charge on any atom is -0.493 e. The molecule has 26 heavy (non-hydrogen) atoms. The van der Waals surface area contributed by atoms with Crippen LogP contribution in [0.2, 0.25) is 0 Å². The van der Waals surface area contributed by atoms with Gasteiger partial charge in [0.2, 0.25) is 0 Å². The number of aryl methyl sites for hydroxylation is 1. The first-order valence-electron chi connectivity index (χ1n) is 8.52. The highest BCUT2D eigenvalue weighted by Gasteiger charge is 2.20. The average molecular weight is 380 g/mol. The van der Waals surface area contributed by atoms with E-state index >= 15 is 0 Å². The third-order valence-electron chi connectivity index (χ3n) is 4.26. The zero-order valence-corrected chi connectivity index (χ0v) is 16.2. The van der Waals surface area contributed by atoms with Gasteiger partial charge in [0.15, 0.2) is 23.0 Å². The molecule has 0 aromatic heterocycles. The first-order chi connectivity index (χ1) is 12.2. The van der Waals surface area contributed by atoms with E-state index < -0.39 is 0 Å². The Kier molecular flexibility index (Phi) is 7.57. The predicted octanol–water partition coefficient (Wildman–Crippen LogP) is 3.76. The van der Waals surface area contributed by atoms with E-state index in [1.54, 1.807) is 14.2 Å². The molecule has 2 aromatic carbocycles. The molecule has 6 heteroatoms. The number of para-hydroxylation sites is 1. The van der Waals surface area contributed by atoms with Crippen LogP contribution >= 0.6 is 12.4 Å². The highest BCUT2D eigenvalue weighted by Crippen LogP contribution is 2.39. The molecular formula is C20H26ClNO4. The van der Waals surface area contributed by atoms with Crippen LogP contribution in [0.25, 0.3) is 0 Å². The van der Waals surface area contributed by atoms with Crippen molar-refractivity contribution in [2.24, 2.45) is 0 Å². The smallest absolute Gasteiger partial charge is 0.172 e. The fourth-order valence-electron chi connectivity index (χ4n) is 2.96. The van der Waals surface area contributed by atoms with Gasteiger partial charge in [0.25, 0.3) is 0 Å². The zero-order valence-electron chi connectivity index (χ0n) is 15.4. The summed E-state index contributed by atoms with van der Waals surface area (Å²) in [5.74, 6) is 2.78. The van der Waals surface area contributed by atoms with Crippen molar-refractivity contribution in [1.82, 2.24) is 5.32 Å². The lowest BCUT2D eigenvalue weighted by Crippen LogP contribution is -2.39. The third kappa shape index (κ3) is 4.81. The minimum absolute atomic E-state index is 0. The van der Waals surface area contributed by atoms with Crippen LogP contribution in [0.1, 0.15) is 11.1 Å². The maximum atomic E-state index is 6.22. The standard InChI is InChI=1S/C20H25NO4.ClH/c1-14-7-8-17(19(11-14)23-3)25-20-15(5-4-6-18(20)22-2)12-16-13-21-9-10-24-16;/h4-8,11,16,21H,9-10,12-13H2,1-3H3;1H/t16-;/m0./s1. The molecule has 142 valence electrons. The number of methoxy groups -OCH3 is 2. The number of hydrogen-bond acceptors (Lipinski definition) is 5. The molecule has 0 saturated carbocycles. The van der Waals surface area contributed by atoms with Gasteiger partial charge in [-0.2, -0.15) is 0 Å². The van der Waals surface area contributed by atoms with Crippen molar-refractivity contribution in [2.75, 3.05) is 33.9 Å². The fourth-order valence-corrected chi connectivity index (χ4v) is 2.96. The molecule has 1 aliphatic rings. The van der Waals surface area contributed by atoms with E-state index in [1.807, 2.05) is 37.3 Å². The maximum Gasteiger partial charge on any atom is 0.172 e. The lowest BCUT2D eigenvalue weighted by atomic mass is 10.1. The molecule has 2 aromatic rings. The van der Waals surface area contributed by atoms with Crippen molar-refractivity contribution in [3.8, 4) is 23.0 Å². The Bertz CT molecular complexity index is 717. The largest absolute Gasteiger partial charge is 0.493 e. The summed E-state index contributed by atoms with van der Waals surface area (Å²) in [4.78, 5) is 0. The molecule has 0 bridgehead atoms. The molecule has 1 atom stereocenters. The van der Waals surface area contributed by atoms with Gasteiger partial charge < -0.3 is 24.3 Å². The molecular weight excluding hydrogens is 354 g/mol. The summed E-state index contributed by atoms with van der Waals surface area (Å²) in [7, 11) is 3.29. The Morgan fingerprint density at radius 1 is 1.08 bits per heavy atom. The molecule has 0 aliphatic carbocycles. The molecule has 0 unspecified atom stereocenters. The molecule has 3 rings (SSSR count). The second-order valence-corrected chi connectivity index (χ2v) is 6.11. The van der Waals surface area contributed by atoms with Gasteiger partial charge in [-0.3, -0.25) is 0 Å². The molecule has 1 saturated heterocycles. The molecule has 1 N–H and O–H groups in total. The second-order valence-electron chi connectivity index (χ2n) is 6.11. The van der Waals surface area contributed by atoms with E-state index in [0.717, 1.165) is 37.2 Å². The first-order valence-corrected chi connectivity index (χ1v) is 8.52. The van der Waals surface area contributed by atoms with Gasteiger partial charge in [-0.05, 0) is 30.7 Å². The minimum atomic E-state index is 0. The first kappa shape index (κ1) is 20.4. The number of halogens is 1. The van der Waals surface area contributed by atoms with Crippen LogP contribution < -0.4 is 19.5 Å². The highest BCUT2D eigenvalue weighted by atomic mass is 35.5. The van der Waals surface area contributed by atoms with Crippen molar-refractivity contribution in [2.45, 2.75) is 19.4 Å². The van der Waals surface area contributed by atoms with Crippen LogP contribution in [0.3, 0.4) is 0 Å². The molecule has 1 fully saturated rings. The SMILES string of the molecule is COc1cc(C)ccc1Oc1c(C[C@H]2CNCCO2)cccc1OC.Cl. The number of ether oxygens (including phenoxy) is 4. The van der Waals surface area contributed by atoms with Crippen LogP contribution in [0.5, 0.6) is 23.0 Å². The summed E-state index contributed by atoms with van der Waals surface area (Å²) >= 11 is 0. The molecule has 0 amide bonds. The van der Waals surface area contributed by atoms with Crippen molar-refractivity contribution in [3.63, 3.8) is 0 Å². The van der Waals surface area contributed by atoms with Crippen molar-refractivity contribution in [3.05, 3.63) is 47.5 Å². The zero-order chi connectivity index (χ0) is 17.6. The van der Waals surface area contributed by atoms with E-state index in [4.69, 9.17) is 18.9 Å². The van der Waals surface area contributed by atoms with Gasteiger partial charge in [0, 0.05) is 25.1 Å². The fraction of sp³-hybridized carbons (Fsp3) is 0.400. The van der Waals surface area contributed by atoms with E-state index in [2.05, 4.69) is 11.4 Å². The topological polar surface area (TPSA) is 49.0 Å². The van der Waals surface area contributed by atoms with E-state index in [1.165, 1.54) is 0 Å². The summed E-state index contributed by atoms with van der Waals surface area (Å²) < 4.78 is 23.0. The summed E-state index contributed by atoms with van der Waals surface area (Å²) in [6, 6.07) is 11.8. The summed E-state index contributed by atoms with van der Waals surface area (Å²) in [5.41, 5.74) is 2.17. The quantitative estimate of drug-likeness (QED) is 0.828. The van der Waals surface area contributed by atoms with Gasteiger partial charge in [0.05, 0.1) is 26.9 Å². The summed E-state index contributed by atoms with van der Waals surface area (Å²) in [5, 5.41) is 3.36. The molecule has 5 nitrogen and oxygen atoms in total. The van der Waals surface area contributed by atoms with Crippen LogP contribution in [0.15, 0.2) is 36.4 Å². The van der Waals surface area contributed by atoms with Gasteiger partial charge in [-0.1, -0.05) is 18.2 Å². The van der Waals surface area contributed by atoms with Gasteiger partial charge in [0.1, 0.15) is 0 Å². The number of rotatable bonds is 6. The molecule has 1 aliphatic heterocycles. The van der Waals surface area contributed by atoms with E-state index in [9.17, 15) is 0 Å². The van der Waals surface area contributed by atoms with E-state index in [0.29, 0.717) is 23.0 Å². The number of benzene rings is 2. The Labute approximate surface area is 161 Å². The van der Waals surface area contributed by atoms with Crippen LogP contribution in [-0.2, 0) is 11.2 Å². The Hall–Kier alpha value is -1.95. The second kappa shape index (κ2) is 9.67. The third-order valence-corrected chi connectivity index (χ3v) is 4.26. The lowest BCUT2D eigenvalue weighted by Gasteiger charge is -2.25. The summed E-state index contributed by atoms with van der Waals surface area (Å²) in [6.45, 7) is 4.49. The van der Waals surface area contributed by atoms with Crippen molar-refractivity contribution < 1.29 is 18.9 Å². The molecule has 1 heterocycles. The van der Waals surface area contributed by atoms with E-state index in [-0.39, 0.29) is 18.5 Å². The summed E-state index contributed by atoms with van der Waals surface area (Å²) in [6.07, 6.45) is 0.886. The van der Waals surface area contributed by atoms with Crippen molar-refractivity contribution in [1.29, 1.82) is 0 Å². The normalized spacial score (nSPS) is 16.5. The number of nitrogens with one attached hydrogen (secondary N) is 1. The Morgan fingerprint density at radius 3 is 2.58 bits per heavy atom. The lowest BCUT2D eigenvalue weighted by molar-refractivity contribution is 0.0289. The highest BCUT2D eigenvalue weighted by molar-refractivity contribution is 5.85. The Morgan fingerprint density at radius 2 is 1.88 bits per heavy atom. The monoisotopic (exact) mass is 379 g/mol. The molecule has 0 radical (unpaired) electrons. The van der Waals surface area contributed by atoms with Crippen LogP contribution in [-0.4, -0.2) is 40.0 Å². The van der Waals surface area contributed by atoms with Gasteiger partial charge >= 0.3 is 0 Å². The number of morpholine rings is 1. The van der Waals surface area contributed by atoms with Crippen molar-refractivity contribution >= 4 is 12.4 Å². The average Bonchev–Trinajstić information content (AvgIpc) is 2.65. The molecule has 0 spiro atoms. The van der Waals surface area contributed by atoms with Gasteiger partial charge in [-0.25, -0.2) is 0 Å². The Balaban J connectivity index is 0.00000243. The van der Waals surface area contributed by atoms with Crippen LogP contribution in [0, 0.1) is 6.92 Å². The number of hydrogen-bond donors (Lipinski definition) is 1. The maximum absolute atomic E-state index is 6.22.